The normalized spacial score (nSPS) is 10.8. The molecule has 1 aromatic carbocycles. The van der Waals surface area contributed by atoms with Crippen molar-refractivity contribution >= 4 is 17.7 Å². The van der Waals surface area contributed by atoms with Crippen LogP contribution in [0, 0.1) is 13.8 Å². The van der Waals surface area contributed by atoms with Crippen molar-refractivity contribution in [1.82, 2.24) is 0 Å². The van der Waals surface area contributed by atoms with E-state index in [0.717, 1.165) is 11.3 Å². The average molecular weight is 241 g/mol. The van der Waals surface area contributed by atoms with Crippen LogP contribution in [0.4, 0.5) is 5.69 Å². The van der Waals surface area contributed by atoms with Gasteiger partial charge in [0, 0.05) is 11.8 Å². The van der Waals surface area contributed by atoms with Gasteiger partial charge in [0.1, 0.15) is 5.76 Å². The summed E-state index contributed by atoms with van der Waals surface area (Å²) in [6, 6.07) is 9.40. The second kappa shape index (κ2) is 5.36. The van der Waals surface area contributed by atoms with Crippen LogP contribution in [0.1, 0.15) is 16.9 Å². The summed E-state index contributed by atoms with van der Waals surface area (Å²) >= 11 is 0. The third-order valence-corrected chi connectivity index (χ3v) is 2.72. The highest BCUT2D eigenvalue weighted by Crippen LogP contribution is 2.14. The molecule has 1 N–H and O–H groups in total. The van der Waals surface area contributed by atoms with Gasteiger partial charge >= 0.3 is 0 Å². The highest BCUT2D eigenvalue weighted by atomic mass is 16.3. The predicted octanol–water partition coefficient (Wildman–Crippen LogP) is 3.55. The lowest BCUT2D eigenvalue weighted by Gasteiger charge is -2.05. The quantitative estimate of drug-likeness (QED) is 0.835. The van der Waals surface area contributed by atoms with E-state index in [-0.39, 0.29) is 5.91 Å². The Kier molecular flexibility index (Phi) is 3.63. The molecular weight excluding hydrogens is 226 g/mol. The van der Waals surface area contributed by atoms with Crippen LogP contribution in [0.3, 0.4) is 0 Å². The van der Waals surface area contributed by atoms with Gasteiger partial charge in [-0.15, -0.1) is 0 Å². The van der Waals surface area contributed by atoms with Crippen molar-refractivity contribution in [3.8, 4) is 0 Å². The Bertz CT molecular complexity index is 568. The number of amides is 1. The number of aryl methyl sites for hydroxylation is 2. The summed E-state index contributed by atoms with van der Waals surface area (Å²) in [5, 5.41) is 2.80. The van der Waals surface area contributed by atoms with E-state index in [0.29, 0.717) is 5.76 Å². The first-order valence-electron chi connectivity index (χ1n) is 5.75. The third-order valence-electron chi connectivity index (χ3n) is 2.72. The van der Waals surface area contributed by atoms with Crippen LogP contribution in [0.5, 0.6) is 0 Å². The first-order chi connectivity index (χ1) is 8.65. The number of nitrogens with one attached hydrogen (secondary N) is 1. The monoisotopic (exact) mass is 241 g/mol. The van der Waals surface area contributed by atoms with Gasteiger partial charge in [-0.2, -0.15) is 0 Å². The van der Waals surface area contributed by atoms with E-state index in [4.69, 9.17) is 4.42 Å². The lowest BCUT2D eigenvalue weighted by atomic mass is 10.1. The van der Waals surface area contributed by atoms with Crippen LogP contribution in [0.2, 0.25) is 0 Å². The van der Waals surface area contributed by atoms with E-state index < -0.39 is 0 Å². The molecule has 0 fully saturated rings. The Morgan fingerprint density at radius 3 is 2.72 bits per heavy atom. The number of anilines is 1. The fourth-order valence-electron chi connectivity index (χ4n) is 1.55. The number of rotatable bonds is 3. The zero-order valence-electron chi connectivity index (χ0n) is 10.4. The van der Waals surface area contributed by atoms with Crippen molar-refractivity contribution in [3.05, 3.63) is 59.6 Å². The summed E-state index contributed by atoms with van der Waals surface area (Å²) in [6.07, 6.45) is 4.66. The highest BCUT2D eigenvalue weighted by molar-refractivity contribution is 6.01. The average Bonchev–Trinajstić information content (AvgIpc) is 2.84. The third kappa shape index (κ3) is 3.10. The SMILES string of the molecule is Cc1ccc(NC(=O)C=Cc2ccco2)cc1C. The molecule has 3 nitrogen and oxygen atoms in total. The van der Waals surface area contributed by atoms with Crippen LogP contribution in [-0.4, -0.2) is 5.91 Å². The van der Waals surface area contributed by atoms with Gasteiger partial charge in [0.05, 0.1) is 6.26 Å². The summed E-state index contributed by atoms with van der Waals surface area (Å²) < 4.78 is 5.10. The predicted molar refractivity (Wildman–Crippen MR) is 72.3 cm³/mol. The molecule has 1 amide bonds. The Balaban J connectivity index is 2.01. The fraction of sp³-hybridized carbons (Fsp3) is 0.133. The number of benzene rings is 1. The van der Waals surface area contributed by atoms with Gasteiger partial charge in [-0.1, -0.05) is 6.07 Å². The molecule has 0 atom stereocenters. The second-order valence-corrected chi connectivity index (χ2v) is 4.14. The van der Waals surface area contributed by atoms with Gasteiger partial charge in [0.15, 0.2) is 0 Å². The van der Waals surface area contributed by atoms with Gasteiger partial charge in [0.2, 0.25) is 5.91 Å². The molecule has 0 radical (unpaired) electrons. The van der Waals surface area contributed by atoms with E-state index in [1.165, 1.54) is 11.6 Å². The first-order valence-corrected chi connectivity index (χ1v) is 5.75. The van der Waals surface area contributed by atoms with Gasteiger partial charge < -0.3 is 9.73 Å². The summed E-state index contributed by atoms with van der Waals surface area (Å²) in [6.45, 7) is 4.06. The molecule has 0 aliphatic rings. The smallest absolute Gasteiger partial charge is 0.248 e. The summed E-state index contributed by atoms with van der Waals surface area (Å²) in [4.78, 5) is 11.7. The molecule has 0 saturated carbocycles. The number of carbonyl (C=O) groups is 1. The van der Waals surface area contributed by atoms with E-state index in [9.17, 15) is 4.79 Å². The summed E-state index contributed by atoms with van der Waals surface area (Å²) in [5.74, 6) is 0.486. The molecule has 1 heterocycles. The van der Waals surface area contributed by atoms with Crippen molar-refractivity contribution in [3.63, 3.8) is 0 Å². The minimum atomic E-state index is -0.172. The van der Waals surface area contributed by atoms with E-state index in [2.05, 4.69) is 5.32 Å². The van der Waals surface area contributed by atoms with Crippen LogP contribution in [-0.2, 0) is 4.79 Å². The lowest BCUT2D eigenvalue weighted by molar-refractivity contribution is -0.111. The minimum absolute atomic E-state index is 0.172. The van der Waals surface area contributed by atoms with E-state index in [1.807, 2.05) is 32.0 Å². The fourth-order valence-corrected chi connectivity index (χ4v) is 1.55. The van der Waals surface area contributed by atoms with E-state index >= 15 is 0 Å². The first kappa shape index (κ1) is 12.2. The number of furan rings is 1. The number of carbonyl (C=O) groups excluding carboxylic acids is 1. The minimum Gasteiger partial charge on any atom is -0.465 e. The van der Waals surface area contributed by atoms with Crippen molar-refractivity contribution in [2.24, 2.45) is 0 Å². The summed E-state index contributed by atoms with van der Waals surface area (Å²) in [5.41, 5.74) is 3.16. The molecule has 0 aliphatic heterocycles. The van der Waals surface area contributed by atoms with Crippen LogP contribution < -0.4 is 5.32 Å². The largest absolute Gasteiger partial charge is 0.465 e. The molecule has 0 aliphatic carbocycles. The van der Waals surface area contributed by atoms with Crippen molar-refractivity contribution in [2.45, 2.75) is 13.8 Å². The zero-order chi connectivity index (χ0) is 13.0. The lowest BCUT2D eigenvalue weighted by Crippen LogP contribution is -2.07. The Morgan fingerprint density at radius 1 is 1.22 bits per heavy atom. The van der Waals surface area contributed by atoms with Gasteiger partial charge in [-0.3, -0.25) is 4.79 Å². The van der Waals surface area contributed by atoms with Gasteiger partial charge in [-0.05, 0) is 55.3 Å². The Morgan fingerprint density at radius 2 is 2.06 bits per heavy atom. The zero-order valence-corrected chi connectivity index (χ0v) is 10.4. The molecule has 0 spiro atoms. The number of hydrogen-bond donors (Lipinski definition) is 1. The maximum absolute atomic E-state index is 11.7. The highest BCUT2D eigenvalue weighted by Gasteiger charge is 2.00. The molecule has 2 aromatic rings. The molecule has 18 heavy (non-hydrogen) atoms. The molecule has 0 unspecified atom stereocenters. The topological polar surface area (TPSA) is 42.2 Å². The molecular formula is C15H15NO2. The molecule has 92 valence electrons. The molecule has 1 aromatic heterocycles. The van der Waals surface area contributed by atoms with Crippen LogP contribution in [0.25, 0.3) is 6.08 Å². The Hall–Kier alpha value is -2.29. The summed E-state index contributed by atoms with van der Waals surface area (Å²) in [7, 11) is 0. The van der Waals surface area contributed by atoms with Gasteiger partial charge in [0.25, 0.3) is 0 Å². The maximum Gasteiger partial charge on any atom is 0.248 e. The maximum atomic E-state index is 11.7. The van der Waals surface area contributed by atoms with Crippen LogP contribution in [0.15, 0.2) is 47.1 Å². The van der Waals surface area contributed by atoms with E-state index in [1.54, 1.807) is 24.5 Å². The molecule has 0 bridgehead atoms. The molecule has 3 heteroatoms. The van der Waals surface area contributed by atoms with Crippen molar-refractivity contribution < 1.29 is 9.21 Å². The van der Waals surface area contributed by atoms with Crippen molar-refractivity contribution in [2.75, 3.05) is 5.32 Å². The molecule has 2 rings (SSSR count). The second-order valence-electron chi connectivity index (χ2n) is 4.14. The van der Waals surface area contributed by atoms with Crippen molar-refractivity contribution in [1.29, 1.82) is 0 Å². The number of hydrogen-bond acceptors (Lipinski definition) is 2. The Labute approximate surface area is 106 Å². The molecule has 0 saturated heterocycles. The van der Waals surface area contributed by atoms with Gasteiger partial charge in [-0.25, -0.2) is 0 Å². The van der Waals surface area contributed by atoms with Crippen LogP contribution >= 0.6 is 0 Å². The standard InChI is InChI=1S/C15H15NO2/c1-11-5-6-13(10-12(11)2)16-15(17)8-7-14-4-3-9-18-14/h3-10H,1-2H3,(H,16,17).